The predicted molar refractivity (Wildman–Crippen MR) is 83.1 cm³/mol. The predicted octanol–water partition coefficient (Wildman–Crippen LogP) is 2.04. The maximum absolute atomic E-state index is 12.8. The van der Waals surface area contributed by atoms with E-state index in [9.17, 15) is 4.79 Å². The summed E-state index contributed by atoms with van der Waals surface area (Å²) < 4.78 is 11.9. The topological polar surface area (TPSA) is 50.8 Å². The molecule has 6 heteroatoms. The molecule has 1 aromatic carbocycles. The minimum atomic E-state index is 0.0606. The van der Waals surface area contributed by atoms with Gasteiger partial charge in [0.15, 0.2) is 11.5 Å². The Kier molecular flexibility index (Phi) is 4.35. The Balaban J connectivity index is 1.86. The van der Waals surface area contributed by atoms with E-state index in [2.05, 4.69) is 21.2 Å². The number of amides is 1. The summed E-state index contributed by atoms with van der Waals surface area (Å²) in [6.07, 6.45) is 2.11. The van der Waals surface area contributed by atoms with Crippen molar-refractivity contribution >= 4 is 21.8 Å². The van der Waals surface area contributed by atoms with Gasteiger partial charge in [-0.1, -0.05) is 0 Å². The number of nitrogens with zero attached hydrogens (tertiary/aromatic N) is 1. The Hall–Kier alpha value is -1.27. The molecule has 2 heterocycles. The SMILES string of the molecule is CNCC1CCCN1C(=O)c1cc(Br)c2c(c1)OCCO2. The molecule has 1 N–H and O–H groups in total. The molecule has 2 aliphatic heterocycles. The second-order valence-electron chi connectivity index (χ2n) is 5.33. The zero-order valence-corrected chi connectivity index (χ0v) is 13.6. The number of hydrogen-bond acceptors (Lipinski definition) is 4. The summed E-state index contributed by atoms with van der Waals surface area (Å²) in [6, 6.07) is 3.88. The molecule has 0 saturated carbocycles. The molecule has 0 aromatic heterocycles. The van der Waals surface area contributed by atoms with Crippen LogP contribution in [0.25, 0.3) is 0 Å². The molecule has 0 aliphatic carbocycles. The smallest absolute Gasteiger partial charge is 0.254 e. The summed E-state index contributed by atoms with van der Waals surface area (Å²) in [5.74, 6) is 1.39. The normalized spacial score (nSPS) is 20.7. The number of halogens is 1. The van der Waals surface area contributed by atoms with Crippen LogP contribution in [-0.4, -0.2) is 50.2 Å². The quantitative estimate of drug-likeness (QED) is 0.902. The summed E-state index contributed by atoms with van der Waals surface area (Å²) in [5.41, 5.74) is 0.647. The second-order valence-corrected chi connectivity index (χ2v) is 6.19. The van der Waals surface area contributed by atoms with Crippen molar-refractivity contribution in [2.24, 2.45) is 0 Å². The minimum absolute atomic E-state index is 0.0606. The third-order valence-electron chi connectivity index (χ3n) is 3.92. The van der Waals surface area contributed by atoms with Gasteiger partial charge >= 0.3 is 0 Å². The Morgan fingerprint density at radius 3 is 3.05 bits per heavy atom. The molecular formula is C15H19BrN2O3. The van der Waals surface area contributed by atoms with Gasteiger partial charge in [-0.25, -0.2) is 0 Å². The maximum atomic E-state index is 12.8. The monoisotopic (exact) mass is 354 g/mol. The molecule has 0 radical (unpaired) electrons. The number of ether oxygens (including phenoxy) is 2. The van der Waals surface area contributed by atoms with Crippen molar-refractivity contribution in [2.75, 3.05) is 33.4 Å². The largest absolute Gasteiger partial charge is 0.486 e. The van der Waals surface area contributed by atoms with Crippen LogP contribution in [0.5, 0.6) is 11.5 Å². The van der Waals surface area contributed by atoms with Crippen LogP contribution < -0.4 is 14.8 Å². The van der Waals surface area contributed by atoms with Gasteiger partial charge < -0.3 is 19.7 Å². The second kappa shape index (κ2) is 6.23. The number of hydrogen-bond donors (Lipinski definition) is 1. The van der Waals surface area contributed by atoms with Crippen LogP contribution in [0.3, 0.4) is 0 Å². The van der Waals surface area contributed by atoms with Gasteiger partial charge in [-0.3, -0.25) is 4.79 Å². The van der Waals surface area contributed by atoms with Crippen molar-refractivity contribution in [1.82, 2.24) is 10.2 Å². The number of rotatable bonds is 3. The zero-order valence-electron chi connectivity index (χ0n) is 12.0. The highest BCUT2D eigenvalue weighted by molar-refractivity contribution is 9.10. The van der Waals surface area contributed by atoms with Crippen LogP contribution in [0, 0.1) is 0 Å². The standard InChI is InChI=1S/C15H19BrN2O3/c1-17-9-11-3-2-4-18(11)15(19)10-7-12(16)14-13(8-10)20-5-6-21-14/h7-8,11,17H,2-6,9H2,1H3. The molecule has 1 unspecified atom stereocenters. The van der Waals surface area contributed by atoms with Crippen LogP contribution in [0.1, 0.15) is 23.2 Å². The maximum Gasteiger partial charge on any atom is 0.254 e. The van der Waals surface area contributed by atoms with Crippen LogP contribution in [0.4, 0.5) is 0 Å². The number of carbonyl (C=O) groups excluding carboxylic acids is 1. The summed E-state index contributed by atoms with van der Waals surface area (Å²) >= 11 is 3.47. The van der Waals surface area contributed by atoms with Gasteiger partial charge in [0, 0.05) is 24.7 Å². The van der Waals surface area contributed by atoms with Crippen molar-refractivity contribution in [2.45, 2.75) is 18.9 Å². The van der Waals surface area contributed by atoms with Gasteiger partial charge in [0.2, 0.25) is 0 Å². The number of benzene rings is 1. The molecular weight excluding hydrogens is 336 g/mol. The molecule has 1 fully saturated rings. The van der Waals surface area contributed by atoms with E-state index < -0.39 is 0 Å². The van der Waals surface area contributed by atoms with Crippen molar-refractivity contribution in [1.29, 1.82) is 0 Å². The minimum Gasteiger partial charge on any atom is -0.486 e. The molecule has 1 amide bonds. The Labute approximate surface area is 132 Å². The zero-order chi connectivity index (χ0) is 14.8. The van der Waals surface area contributed by atoms with E-state index >= 15 is 0 Å². The molecule has 3 rings (SSSR count). The average Bonchev–Trinajstić information content (AvgIpc) is 2.95. The lowest BCUT2D eigenvalue weighted by Crippen LogP contribution is -2.40. The summed E-state index contributed by atoms with van der Waals surface area (Å²) in [6.45, 7) is 2.70. The fourth-order valence-electron chi connectivity index (χ4n) is 2.95. The van der Waals surface area contributed by atoms with Gasteiger partial charge in [-0.05, 0) is 48.0 Å². The molecule has 114 valence electrons. The molecule has 0 bridgehead atoms. The Bertz CT molecular complexity index is 550. The highest BCUT2D eigenvalue weighted by atomic mass is 79.9. The van der Waals surface area contributed by atoms with Crippen molar-refractivity contribution in [3.8, 4) is 11.5 Å². The molecule has 1 atom stereocenters. The number of likely N-dealkylation sites (N-methyl/N-ethyl adjacent to an activating group) is 1. The lowest BCUT2D eigenvalue weighted by molar-refractivity contribution is 0.0735. The van der Waals surface area contributed by atoms with Gasteiger partial charge in [0.25, 0.3) is 5.91 Å². The van der Waals surface area contributed by atoms with E-state index in [1.54, 1.807) is 6.07 Å². The third-order valence-corrected chi connectivity index (χ3v) is 4.51. The molecule has 0 spiro atoms. The van der Waals surface area contributed by atoms with E-state index in [-0.39, 0.29) is 11.9 Å². The van der Waals surface area contributed by atoms with Crippen LogP contribution in [-0.2, 0) is 0 Å². The van der Waals surface area contributed by atoms with E-state index in [4.69, 9.17) is 9.47 Å². The first-order chi connectivity index (χ1) is 10.2. The van der Waals surface area contributed by atoms with Gasteiger partial charge in [-0.2, -0.15) is 0 Å². The lowest BCUT2D eigenvalue weighted by Gasteiger charge is -2.26. The van der Waals surface area contributed by atoms with Gasteiger partial charge in [-0.15, -0.1) is 0 Å². The van der Waals surface area contributed by atoms with Crippen LogP contribution >= 0.6 is 15.9 Å². The third kappa shape index (κ3) is 2.87. The highest BCUT2D eigenvalue weighted by Gasteiger charge is 2.30. The average molecular weight is 355 g/mol. The molecule has 21 heavy (non-hydrogen) atoms. The number of likely N-dealkylation sites (tertiary alicyclic amines) is 1. The van der Waals surface area contributed by atoms with Crippen LogP contribution in [0.15, 0.2) is 16.6 Å². The highest BCUT2D eigenvalue weighted by Crippen LogP contribution is 2.39. The van der Waals surface area contributed by atoms with Crippen molar-refractivity contribution < 1.29 is 14.3 Å². The first kappa shape index (κ1) is 14.7. The molecule has 1 aromatic rings. The fourth-order valence-corrected chi connectivity index (χ4v) is 3.51. The summed E-state index contributed by atoms with van der Waals surface area (Å²) in [7, 11) is 1.92. The fraction of sp³-hybridized carbons (Fsp3) is 0.533. The van der Waals surface area contributed by atoms with Gasteiger partial charge in [0.05, 0.1) is 4.47 Å². The van der Waals surface area contributed by atoms with E-state index in [0.29, 0.717) is 30.3 Å². The number of nitrogens with one attached hydrogen (secondary N) is 1. The Morgan fingerprint density at radius 2 is 2.24 bits per heavy atom. The van der Waals surface area contributed by atoms with E-state index in [1.807, 2.05) is 18.0 Å². The lowest BCUT2D eigenvalue weighted by atomic mass is 10.1. The Morgan fingerprint density at radius 1 is 1.43 bits per heavy atom. The summed E-state index contributed by atoms with van der Waals surface area (Å²) in [5, 5.41) is 3.16. The van der Waals surface area contributed by atoms with Crippen molar-refractivity contribution in [3.63, 3.8) is 0 Å². The van der Waals surface area contributed by atoms with Crippen LogP contribution in [0.2, 0.25) is 0 Å². The van der Waals surface area contributed by atoms with Crippen molar-refractivity contribution in [3.05, 3.63) is 22.2 Å². The molecule has 5 nitrogen and oxygen atoms in total. The summed E-state index contributed by atoms with van der Waals surface area (Å²) in [4.78, 5) is 14.7. The molecule has 1 saturated heterocycles. The number of fused-ring (bicyclic) bond motifs is 1. The number of carbonyl (C=O) groups is 1. The van der Waals surface area contributed by atoms with E-state index in [1.165, 1.54) is 0 Å². The first-order valence-corrected chi connectivity index (χ1v) is 8.04. The van der Waals surface area contributed by atoms with Gasteiger partial charge in [0.1, 0.15) is 13.2 Å². The first-order valence-electron chi connectivity index (χ1n) is 7.25. The molecule has 2 aliphatic rings. The van der Waals surface area contributed by atoms with E-state index in [0.717, 1.165) is 30.4 Å².